The third kappa shape index (κ3) is 7.81. The average Bonchev–Trinajstić information content (AvgIpc) is 3.09. The second-order valence-electron chi connectivity index (χ2n) is 6.09. The molecular weight excluding hydrogens is 429 g/mol. The van der Waals surface area contributed by atoms with Gasteiger partial charge >= 0.3 is 0 Å². The van der Waals surface area contributed by atoms with Crippen LogP contribution in [0.2, 0.25) is 0 Å². The summed E-state index contributed by atoms with van der Waals surface area (Å²) in [4.78, 5) is 6.91. The minimum absolute atomic E-state index is 0. The van der Waals surface area contributed by atoms with E-state index in [2.05, 4.69) is 36.3 Å². The predicted octanol–water partition coefficient (Wildman–Crippen LogP) is 3.67. The Morgan fingerprint density at radius 3 is 2.68 bits per heavy atom. The summed E-state index contributed by atoms with van der Waals surface area (Å²) >= 11 is 0. The van der Waals surface area contributed by atoms with E-state index in [1.807, 2.05) is 19.1 Å². The zero-order valence-electron chi connectivity index (χ0n) is 15.7. The van der Waals surface area contributed by atoms with Crippen LogP contribution in [0.1, 0.15) is 38.7 Å². The van der Waals surface area contributed by atoms with Crippen LogP contribution in [0, 0.1) is 0 Å². The Morgan fingerprint density at radius 1 is 1.32 bits per heavy atom. The number of rotatable bonds is 8. The lowest BCUT2D eigenvalue weighted by Crippen LogP contribution is -2.38. The van der Waals surface area contributed by atoms with E-state index in [1.54, 1.807) is 0 Å². The smallest absolute Gasteiger partial charge is 0.193 e. The summed E-state index contributed by atoms with van der Waals surface area (Å²) in [6.45, 7) is 8.19. The molecule has 1 atom stereocenters. The molecule has 25 heavy (non-hydrogen) atoms. The van der Waals surface area contributed by atoms with Gasteiger partial charge in [-0.05, 0) is 50.8 Å². The topological polar surface area (TPSA) is 46.1 Å². The molecule has 6 heteroatoms. The second-order valence-corrected chi connectivity index (χ2v) is 6.09. The van der Waals surface area contributed by atoms with Crippen LogP contribution in [0.5, 0.6) is 5.75 Å². The molecule has 0 amide bonds. The van der Waals surface area contributed by atoms with Gasteiger partial charge in [-0.1, -0.05) is 12.1 Å². The zero-order chi connectivity index (χ0) is 17.2. The van der Waals surface area contributed by atoms with Gasteiger partial charge in [0, 0.05) is 33.3 Å². The molecule has 0 aromatic heterocycles. The zero-order valence-corrected chi connectivity index (χ0v) is 18.0. The van der Waals surface area contributed by atoms with Gasteiger partial charge in [-0.2, -0.15) is 0 Å². The van der Waals surface area contributed by atoms with Gasteiger partial charge in [0.1, 0.15) is 5.75 Å². The monoisotopic (exact) mass is 461 g/mol. The van der Waals surface area contributed by atoms with E-state index in [4.69, 9.17) is 14.5 Å². The van der Waals surface area contributed by atoms with Gasteiger partial charge in [0.2, 0.25) is 0 Å². The molecule has 1 aliphatic heterocycles. The van der Waals surface area contributed by atoms with E-state index in [0.717, 1.165) is 44.4 Å². The molecule has 1 saturated heterocycles. The summed E-state index contributed by atoms with van der Waals surface area (Å²) < 4.78 is 11.2. The van der Waals surface area contributed by atoms with Gasteiger partial charge in [-0.15, -0.1) is 24.0 Å². The molecular formula is C19H32IN3O2. The number of nitrogens with one attached hydrogen (secondary N) is 1. The lowest BCUT2D eigenvalue weighted by atomic mass is 10.2. The van der Waals surface area contributed by atoms with Crippen LogP contribution in [0.3, 0.4) is 0 Å². The first-order valence-electron chi connectivity index (χ1n) is 9.05. The van der Waals surface area contributed by atoms with Gasteiger partial charge in [-0.3, -0.25) is 4.99 Å². The fraction of sp³-hybridized carbons (Fsp3) is 0.632. The summed E-state index contributed by atoms with van der Waals surface area (Å²) in [6.07, 6.45) is 3.76. The summed E-state index contributed by atoms with van der Waals surface area (Å²) in [5.41, 5.74) is 1.24. The van der Waals surface area contributed by atoms with Crippen molar-refractivity contribution in [2.45, 2.75) is 45.8 Å². The maximum Gasteiger partial charge on any atom is 0.193 e. The summed E-state index contributed by atoms with van der Waals surface area (Å²) in [5.74, 6) is 1.87. The van der Waals surface area contributed by atoms with Crippen LogP contribution in [-0.4, -0.2) is 50.3 Å². The molecule has 1 aromatic carbocycles. The molecule has 142 valence electrons. The third-order valence-electron chi connectivity index (χ3n) is 4.09. The second kappa shape index (κ2) is 12.4. The number of hydrogen-bond donors (Lipinski definition) is 1. The van der Waals surface area contributed by atoms with E-state index in [0.29, 0.717) is 12.7 Å². The fourth-order valence-corrected chi connectivity index (χ4v) is 2.86. The molecule has 0 radical (unpaired) electrons. The van der Waals surface area contributed by atoms with Crippen LogP contribution in [0.4, 0.5) is 0 Å². The Morgan fingerprint density at radius 2 is 2.08 bits per heavy atom. The molecule has 0 bridgehead atoms. The van der Waals surface area contributed by atoms with E-state index in [9.17, 15) is 0 Å². The van der Waals surface area contributed by atoms with Crippen molar-refractivity contribution in [3.63, 3.8) is 0 Å². The minimum Gasteiger partial charge on any atom is -0.494 e. The predicted molar refractivity (Wildman–Crippen MR) is 114 cm³/mol. The maximum absolute atomic E-state index is 5.67. The molecule has 0 aliphatic carbocycles. The molecule has 1 unspecified atom stereocenters. The lowest BCUT2D eigenvalue weighted by Gasteiger charge is -2.22. The maximum atomic E-state index is 5.67. The van der Waals surface area contributed by atoms with Crippen molar-refractivity contribution in [1.82, 2.24) is 10.2 Å². The van der Waals surface area contributed by atoms with Crippen molar-refractivity contribution in [2.75, 3.05) is 33.4 Å². The standard InChI is InChI=1S/C19H31N3O2.HI/c1-4-20-19(21-13-12-17-7-6-14-24-17)22(3)15-16-8-10-18(11-9-16)23-5-2;/h8-11,17H,4-7,12-15H2,1-3H3,(H,20,21);1H. The van der Waals surface area contributed by atoms with E-state index >= 15 is 0 Å². The average molecular weight is 461 g/mol. The molecule has 1 N–H and O–H groups in total. The minimum atomic E-state index is 0. The van der Waals surface area contributed by atoms with Crippen LogP contribution in [-0.2, 0) is 11.3 Å². The van der Waals surface area contributed by atoms with Crippen molar-refractivity contribution < 1.29 is 9.47 Å². The first-order chi connectivity index (χ1) is 11.7. The molecule has 2 rings (SSSR count). The molecule has 0 saturated carbocycles. The summed E-state index contributed by atoms with van der Waals surface area (Å²) in [6, 6.07) is 8.26. The Labute approximate surface area is 169 Å². The molecule has 5 nitrogen and oxygen atoms in total. The van der Waals surface area contributed by atoms with Crippen molar-refractivity contribution in [3.05, 3.63) is 29.8 Å². The van der Waals surface area contributed by atoms with E-state index < -0.39 is 0 Å². The van der Waals surface area contributed by atoms with Gasteiger partial charge < -0.3 is 19.7 Å². The van der Waals surface area contributed by atoms with E-state index in [1.165, 1.54) is 18.4 Å². The lowest BCUT2D eigenvalue weighted by molar-refractivity contribution is 0.106. The summed E-state index contributed by atoms with van der Waals surface area (Å²) in [5, 5.41) is 3.37. The number of nitrogens with zero attached hydrogens (tertiary/aromatic N) is 2. The molecule has 1 aromatic rings. The number of halogens is 1. The Bertz CT molecular complexity index is 502. The quantitative estimate of drug-likeness (QED) is 0.365. The number of guanidine groups is 1. The summed E-state index contributed by atoms with van der Waals surface area (Å²) in [7, 11) is 2.07. The number of benzene rings is 1. The van der Waals surface area contributed by atoms with Gasteiger partial charge in [0.25, 0.3) is 0 Å². The Balaban J connectivity index is 0.00000312. The number of aliphatic imine (C=N–C) groups is 1. The largest absolute Gasteiger partial charge is 0.494 e. The molecule has 0 spiro atoms. The number of ether oxygens (including phenoxy) is 2. The highest BCUT2D eigenvalue weighted by atomic mass is 127. The Kier molecular flexibility index (Phi) is 10.9. The van der Waals surface area contributed by atoms with Crippen LogP contribution in [0.15, 0.2) is 29.3 Å². The van der Waals surface area contributed by atoms with Crippen molar-refractivity contribution in [1.29, 1.82) is 0 Å². The normalized spacial score (nSPS) is 17.1. The highest BCUT2D eigenvalue weighted by Crippen LogP contribution is 2.15. The van der Waals surface area contributed by atoms with Gasteiger partial charge in [-0.25, -0.2) is 0 Å². The Hall–Kier alpha value is -1.02. The molecule has 1 heterocycles. The van der Waals surface area contributed by atoms with Crippen molar-refractivity contribution >= 4 is 29.9 Å². The van der Waals surface area contributed by atoms with Crippen LogP contribution >= 0.6 is 24.0 Å². The first-order valence-corrected chi connectivity index (χ1v) is 9.05. The van der Waals surface area contributed by atoms with Gasteiger partial charge in [0.15, 0.2) is 5.96 Å². The van der Waals surface area contributed by atoms with Crippen LogP contribution < -0.4 is 10.1 Å². The van der Waals surface area contributed by atoms with Crippen LogP contribution in [0.25, 0.3) is 0 Å². The SMILES string of the molecule is CCNC(=NCCC1CCCO1)N(C)Cc1ccc(OCC)cc1.I. The van der Waals surface area contributed by atoms with E-state index in [-0.39, 0.29) is 24.0 Å². The third-order valence-corrected chi connectivity index (χ3v) is 4.09. The highest BCUT2D eigenvalue weighted by Gasteiger charge is 2.15. The van der Waals surface area contributed by atoms with Crippen molar-refractivity contribution in [3.8, 4) is 5.75 Å². The van der Waals surface area contributed by atoms with Crippen molar-refractivity contribution in [2.24, 2.45) is 4.99 Å². The first kappa shape index (κ1) is 22.0. The molecule has 1 fully saturated rings. The number of hydrogen-bond acceptors (Lipinski definition) is 3. The molecule has 1 aliphatic rings. The highest BCUT2D eigenvalue weighted by molar-refractivity contribution is 14.0. The van der Waals surface area contributed by atoms with Gasteiger partial charge in [0.05, 0.1) is 12.7 Å². The fourth-order valence-electron chi connectivity index (χ4n) is 2.86.